The average Bonchev–Trinajstić information content (AvgIpc) is 4.09. The van der Waals surface area contributed by atoms with Crippen LogP contribution in [0.2, 0.25) is 0 Å². The Balaban J connectivity index is 1.11. The normalized spacial score (nSPS) is 12.0. The number of fused-ring (bicyclic) bond motifs is 4. The lowest BCUT2D eigenvalue weighted by Gasteiger charge is -2.36. The van der Waals surface area contributed by atoms with E-state index in [2.05, 4.69) is 138 Å². The summed E-state index contributed by atoms with van der Waals surface area (Å²) in [5.41, 5.74) is 9.67. The van der Waals surface area contributed by atoms with Gasteiger partial charge in [-0.1, -0.05) is 133 Å². The minimum absolute atomic E-state index is 0.568. The Morgan fingerprint density at radius 3 is 1.58 bits per heavy atom. The van der Waals surface area contributed by atoms with Crippen molar-refractivity contribution in [2.24, 2.45) is 0 Å². The molecular weight excluding hydrogens is 697 g/mol. The molecule has 0 bridgehead atoms. The van der Waals surface area contributed by atoms with Crippen molar-refractivity contribution in [3.8, 4) is 22.5 Å². The average molecular weight is 727 g/mol. The van der Waals surface area contributed by atoms with Crippen LogP contribution in [0, 0.1) is 0 Å². The molecule has 9 heteroatoms. The summed E-state index contributed by atoms with van der Waals surface area (Å²) in [5, 5.41) is 5.29. The number of oxazole rings is 2. The van der Waals surface area contributed by atoms with E-state index in [0.29, 0.717) is 27.9 Å². The number of aromatic nitrogens is 6. The smallest absolute Gasteiger partial charge is 0.184 e. The van der Waals surface area contributed by atoms with Crippen LogP contribution in [0.15, 0.2) is 192 Å². The molecule has 4 aromatic heterocycles. The van der Waals surface area contributed by atoms with Gasteiger partial charge in [0, 0.05) is 0 Å². The van der Waals surface area contributed by atoms with Crippen molar-refractivity contribution >= 4 is 73.1 Å². The van der Waals surface area contributed by atoms with Gasteiger partial charge in [0.15, 0.2) is 32.0 Å². The first-order valence-corrected chi connectivity index (χ1v) is 20.1. The van der Waals surface area contributed by atoms with Crippen molar-refractivity contribution < 1.29 is 8.83 Å². The molecule has 0 aliphatic carbocycles. The van der Waals surface area contributed by atoms with E-state index >= 15 is 0 Å². The van der Waals surface area contributed by atoms with Crippen LogP contribution >= 0.6 is 0 Å². The number of imidazole rings is 2. The van der Waals surface area contributed by atoms with Crippen LogP contribution in [0.3, 0.4) is 0 Å². The molecule has 55 heavy (non-hydrogen) atoms. The Morgan fingerprint density at radius 2 is 0.945 bits per heavy atom. The van der Waals surface area contributed by atoms with Crippen LogP contribution in [0.5, 0.6) is 0 Å². The highest BCUT2D eigenvalue weighted by Gasteiger charge is 2.42. The number of hydrogen-bond acceptors (Lipinski definition) is 6. The van der Waals surface area contributed by atoms with Crippen LogP contribution in [-0.2, 0) is 0 Å². The van der Waals surface area contributed by atoms with Gasteiger partial charge in [0.25, 0.3) is 0 Å². The zero-order valence-corrected chi connectivity index (χ0v) is 30.3. The quantitative estimate of drug-likeness (QED) is 0.124. The minimum atomic E-state index is -2.80. The molecule has 0 aliphatic rings. The van der Waals surface area contributed by atoms with E-state index in [1.54, 1.807) is 6.33 Å². The second-order valence-electron chi connectivity index (χ2n) is 13.6. The van der Waals surface area contributed by atoms with Gasteiger partial charge in [-0.2, -0.15) is 0 Å². The Labute approximate surface area is 315 Å². The number of benzene rings is 7. The van der Waals surface area contributed by atoms with Gasteiger partial charge in [-0.15, -0.1) is 0 Å². The maximum atomic E-state index is 6.10. The molecular formula is C46H30N6O2Si. The monoisotopic (exact) mass is 726 g/mol. The lowest BCUT2D eigenvalue weighted by molar-refractivity contribution is 0.588. The van der Waals surface area contributed by atoms with Gasteiger partial charge in [0.05, 0.1) is 22.1 Å². The van der Waals surface area contributed by atoms with Crippen molar-refractivity contribution in [3.05, 3.63) is 183 Å². The van der Waals surface area contributed by atoms with Crippen LogP contribution in [0.4, 0.5) is 0 Å². The summed E-state index contributed by atoms with van der Waals surface area (Å²) in [5.74, 6) is 0. The van der Waals surface area contributed by atoms with Gasteiger partial charge < -0.3 is 8.83 Å². The molecule has 0 radical (unpaired) electrons. The molecule has 11 rings (SSSR count). The number of rotatable bonds is 7. The molecule has 8 nitrogen and oxygen atoms in total. The Bertz CT molecular complexity index is 3020. The summed E-state index contributed by atoms with van der Waals surface area (Å²) >= 11 is 0. The molecule has 0 unspecified atom stereocenters. The van der Waals surface area contributed by atoms with E-state index in [4.69, 9.17) is 23.8 Å². The third kappa shape index (κ3) is 4.63. The van der Waals surface area contributed by atoms with Gasteiger partial charge in [0.2, 0.25) is 0 Å². The zero-order valence-electron chi connectivity index (χ0n) is 29.3. The van der Waals surface area contributed by atoms with E-state index in [1.165, 1.54) is 39.1 Å². The van der Waals surface area contributed by atoms with E-state index in [1.807, 2.05) is 39.7 Å². The first-order valence-electron chi connectivity index (χ1n) is 18.1. The minimum Gasteiger partial charge on any atom is -0.441 e. The highest BCUT2D eigenvalue weighted by atomic mass is 28.3. The van der Waals surface area contributed by atoms with Crippen molar-refractivity contribution in [3.63, 3.8) is 0 Å². The summed E-state index contributed by atoms with van der Waals surface area (Å²) in [6, 6.07) is 56.4. The van der Waals surface area contributed by atoms with Crippen molar-refractivity contribution in [1.29, 1.82) is 0 Å². The van der Waals surface area contributed by atoms with Crippen LogP contribution in [-0.4, -0.2) is 37.1 Å². The van der Waals surface area contributed by atoms with Crippen molar-refractivity contribution in [2.75, 3.05) is 0 Å². The predicted octanol–water partition coefficient (Wildman–Crippen LogP) is 7.69. The molecule has 0 atom stereocenters. The fourth-order valence-corrected chi connectivity index (χ4v) is 13.4. The van der Waals surface area contributed by atoms with Crippen molar-refractivity contribution in [2.45, 2.75) is 0 Å². The molecule has 0 saturated heterocycles. The Kier molecular flexibility index (Phi) is 7.01. The van der Waals surface area contributed by atoms with Crippen LogP contribution in [0.1, 0.15) is 0 Å². The number of hydrogen-bond donors (Lipinski definition) is 0. The Hall–Kier alpha value is -7.36. The summed E-state index contributed by atoms with van der Waals surface area (Å²) in [6.07, 6.45) is 6.54. The topological polar surface area (TPSA) is 87.7 Å². The molecule has 7 aromatic carbocycles. The Morgan fingerprint density at radius 1 is 0.436 bits per heavy atom. The molecule has 0 spiro atoms. The lowest BCUT2D eigenvalue weighted by Crippen LogP contribution is -2.75. The highest BCUT2D eigenvalue weighted by molar-refractivity contribution is 7.20. The molecule has 0 saturated carbocycles. The fraction of sp³-hybridized carbons (Fsp3) is 0. The summed E-state index contributed by atoms with van der Waals surface area (Å²) in [4.78, 5) is 19.1. The van der Waals surface area contributed by atoms with Gasteiger partial charge >= 0.3 is 0 Å². The van der Waals surface area contributed by atoms with Crippen molar-refractivity contribution in [1.82, 2.24) is 29.1 Å². The zero-order chi connectivity index (χ0) is 36.3. The van der Waals surface area contributed by atoms with Gasteiger partial charge in [-0.3, -0.25) is 9.13 Å². The third-order valence-electron chi connectivity index (χ3n) is 10.8. The molecule has 0 aliphatic heterocycles. The molecule has 0 amide bonds. The van der Waals surface area contributed by atoms with Crippen LogP contribution < -0.4 is 20.7 Å². The summed E-state index contributed by atoms with van der Waals surface area (Å²) in [6.45, 7) is 0. The fourth-order valence-electron chi connectivity index (χ4n) is 8.42. The lowest BCUT2D eigenvalue weighted by atomic mass is 10.0. The number of para-hydroxylation sites is 2. The van der Waals surface area contributed by atoms with E-state index in [9.17, 15) is 0 Å². The summed E-state index contributed by atoms with van der Waals surface area (Å²) < 4.78 is 16.2. The first kappa shape index (κ1) is 31.2. The largest absolute Gasteiger partial charge is 0.441 e. The van der Waals surface area contributed by atoms with E-state index in [0.717, 1.165) is 33.3 Å². The van der Waals surface area contributed by atoms with Gasteiger partial charge in [-0.25, -0.2) is 19.9 Å². The molecule has 11 aromatic rings. The maximum Gasteiger partial charge on any atom is 0.184 e. The van der Waals surface area contributed by atoms with Crippen LogP contribution in [0.25, 0.3) is 66.8 Å². The summed E-state index contributed by atoms with van der Waals surface area (Å²) in [7, 11) is -2.80. The van der Waals surface area contributed by atoms with Gasteiger partial charge in [0.1, 0.15) is 35.1 Å². The standard InChI is InChI=1S/C46H30N6O2Si/c1-4-14-32(15-5-1)55(33-16-6-2-7-17-33,34-18-8-3-9-19-34)40-23-13-10-20-35(40)31-24-25-39-37(26-31)48-28-51(39)43-41-45(53-29-49-41)44(46-42(43)50-30-54-46)52-27-47-36-21-11-12-22-38(36)52/h1-30H. The number of nitrogens with zero attached hydrogens (tertiary/aromatic N) is 6. The predicted molar refractivity (Wildman–Crippen MR) is 220 cm³/mol. The second kappa shape index (κ2) is 12.4. The second-order valence-corrected chi connectivity index (χ2v) is 17.3. The first-order chi connectivity index (χ1) is 27.3. The molecule has 4 heterocycles. The van der Waals surface area contributed by atoms with E-state index in [-0.39, 0.29) is 0 Å². The molecule has 0 N–H and O–H groups in total. The SMILES string of the molecule is c1ccc([Si](c2ccccc2)(c2ccccc2)c2ccccc2-c2ccc3c(c2)ncn3-c2c3ncoc3c(-n3cnc4ccccc43)c3ocnc23)cc1. The van der Waals surface area contributed by atoms with E-state index < -0.39 is 8.07 Å². The van der Waals surface area contributed by atoms with Gasteiger partial charge in [-0.05, 0) is 56.1 Å². The molecule has 260 valence electrons. The third-order valence-corrected chi connectivity index (χ3v) is 15.6. The molecule has 0 fully saturated rings. The highest BCUT2D eigenvalue weighted by Crippen LogP contribution is 2.39. The maximum absolute atomic E-state index is 6.10.